The van der Waals surface area contributed by atoms with Crippen LogP contribution in [0.2, 0.25) is 0 Å². The Morgan fingerprint density at radius 1 is 1.41 bits per heavy atom. The van der Waals surface area contributed by atoms with Gasteiger partial charge in [0, 0.05) is 10.9 Å². The second-order valence-corrected chi connectivity index (χ2v) is 6.42. The summed E-state index contributed by atoms with van der Waals surface area (Å²) >= 11 is 1.65. The number of thiophene rings is 1. The average molecular weight is 343 g/mol. The third kappa shape index (κ3) is 4.52. The minimum atomic E-state index is 0. The number of nitrogens with one attached hydrogen (secondary N) is 1. The van der Waals surface area contributed by atoms with E-state index >= 15 is 0 Å². The van der Waals surface area contributed by atoms with Crippen molar-refractivity contribution in [3.05, 3.63) is 22.7 Å². The molecule has 0 spiro atoms. The molecule has 2 aromatic rings. The quantitative estimate of drug-likeness (QED) is 0.874. The number of halogens is 1. The van der Waals surface area contributed by atoms with E-state index in [1.165, 1.54) is 19.3 Å². The lowest BCUT2D eigenvalue weighted by molar-refractivity contribution is 0.155. The van der Waals surface area contributed by atoms with Crippen molar-refractivity contribution in [1.82, 2.24) is 20.4 Å². The number of nitrogens with zero attached hydrogens (tertiary/aromatic N) is 3. The monoisotopic (exact) mass is 342 g/mol. The van der Waals surface area contributed by atoms with Gasteiger partial charge in [-0.2, -0.15) is 16.3 Å². The lowest BCUT2D eigenvalue weighted by Crippen LogP contribution is -2.34. The van der Waals surface area contributed by atoms with Gasteiger partial charge in [-0.25, -0.2) is 0 Å². The zero-order valence-corrected chi connectivity index (χ0v) is 14.5. The highest BCUT2D eigenvalue weighted by Crippen LogP contribution is 2.22. The topological polar surface area (TPSA) is 54.2 Å². The second kappa shape index (κ2) is 8.62. The Hall–Kier alpha value is -0.950. The summed E-state index contributed by atoms with van der Waals surface area (Å²) in [5, 5.41) is 11.4. The van der Waals surface area contributed by atoms with Gasteiger partial charge in [-0.15, -0.1) is 12.4 Å². The highest BCUT2D eigenvalue weighted by atomic mass is 35.5. The predicted molar refractivity (Wildman–Crippen MR) is 91.4 cm³/mol. The van der Waals surface area contributed by atoms with E-state index in [4.69, 9.17) is 4.52 Å². The molecule has 2 aromatic heterocycles. The van der Waals surface area contributed by atoms with Crippen LogP contribution in [0.5, 0.6) is 0 Å². The Labute approximate surface area is 141 Å². The number of aromatic nitrogens is 2. The molecule has 0 aliphatic carbocycles. The van der Waals surface area contributed by atoms with Crippen molar-refractivity contribution in [2.24, 2.45) is 5.92 Å². The van der Waals surface area contributed by atoms with E-state index in [2.05, 4.69) is 20.4 Å². The molecule has 1 saturated heterocycles. The Balaban J connectivity index is 0.00000176. The molecule has 5 nitrogen and oxygen atoms in total. The van der Waals surface area contributed by atoms with E-state index in [9.17, 15) is 0 Å². The fourth-order valence-electron chi connectivity index (χ4n) is 2.80. The molecule has 1 aliphatic rings. The predicted octanol–water partition coefficient (Wildman–Crippen LogP) is 3.04. The zero-order valence-electron chi connectivity index (χ0n) is 12.8. The molecular weight excluding hydrogens is 320 g/mol. The molecule has 0 unspecified atom stereocenters. The van der Waals surface area contributed by atoms with E-state index in [1.807, 2.05) is 23.9 Å². The third-order valence-electron chi connectivity index (χ3n) is 4.12. The van der Waals surface area contributed by atoms with Gasteiger partial charge in [-0.3, -0.25) is 4.90 Å². The highest BCUT2D eigenvalue weighted by Gasteiger charge is 2.20. The molecule has 122 valence electrons. The molecule has 0 atom stereocenters. The van der Waals surface area contributed by atoms with Crippen molar-refractivity contribution in [2.45, 2.75) is 25.8 Å². The summed E-state index contributed by atoms with van der Waals surface area (Å²) in [5.74, 6) is 2.29. The van der Waals surface area contributed by atoms with Gasteiger partial charge < -0.3 is 9.84 Å². The molecule has 0 amide bonds. The summed E-state index contributed by atoms with van der Waals surface area (Å²) in [5.41, 5.74) is 1.04. The van der Waals surface area contributed by atoms with Gasteiger partial charge in [0.25, 0.3) is 0 Å². The molecule has 0 saturated carbocycles. The summed E-state index contributed by atoms with van der Waals surface area (Å²) in [4.78, 5) is 6.91. The van der Waals surface area contributed by atoms with Gasteiger partial charge in [0.15, 0.2) is 0 Å². The second-order valence-electron chi connectivity index (χ2n) is 5.64. The first-order chi connectivity index (χ1) is 10.3. The van der Waals surface area contributed by atoms with Gasteiger partial charge in [-0.05, 0) is 63.3 Å². The van der Waals surface area contributed by atoms with E-state index < -0.39 is 0 Å². The van der Waals surface area contributed by atoms with Crippen molar-refractivity contribution in [1.29, 1.82) is 0 Å². The van der Waals surface area contributed by atoms with Crippen LogP contribution in [0.3, 0.4) is 0 Å². The van der Waals surface area contributed by atoms with Crippen molar-refractivity contribution in [2.75, 3.05) is 26.7 Å². The third-order valence-corrected chi connectivity index (χ3v) is 4.80. The Bertz CT molecular complexity index is 537. The summed E-state index contributed by atoms with van der Waals surface area (Å²) < 4.78 is 5.37. The first-order valence-corrected chi connectivity index (χ1v) is 8.51. The Morgan fingerprint density at radius 2 is 2.23 bits per heavy atom. The number of likely N-dealkylation sites (tertiary alicyclic amines) is 1. The Kier molecular flexibility index (Phi) is 6.82. The van der Waals surface area contributed by atoms with Crippen molar-refractivity contribution >= 4 is 23.7 Å². The molecule has 1 N–H and O–H groups in total. The average Bonchev–Trinajstić information content (AvgIpc) is 3.17. The van der Waals surface area contributed by atoms with Gasteiger partial charge in [0.1, 0.15) is 0 Å². The summed E-state index contributed by atoms with van der Waals surface area (Å²) in [6.07, 6.45) is 3.83. The highest BCUT2D eigenvalue weighted by molar-refractivity contribution is 7.08. The molecule has 0 radical (unpaired) electrons. The number of rotatable bonds is 6. The zero-order chi connectivity index (χ0) is 14.5. The maximum atomic E-state index is 5.37. The largest absolute Gasteiger partial charge is 0.338 e. The SMILES string of the molecule is CNCCC1CCN(Cc2nc(-c3ccsc3)no2)CC1.Cl. The molecule has 7 heteroatoms. The van der Waals surface area contributed by atoms with E-state index in [1.54, 1.807) is 11.3 Å². The standard InChI is InChI=1S/C15H22N4OS.ClH/c1-16-6-2-12-3-7-19(8-4-12)10-14-17-15(18-20-14)13-5-9-21-11-13;/h5,9,11-12,16H,2-4,6-8,10H2,1H3;1H. The van der Waals surface area contributed by atoms with Crippen molar-refractivity contribution < 1.29 is 4.52 Å². The van der Waals surface area contributed by atoms with Crippen LogP contribution >= 0.6 is 23.7 Å². The van der Waals surface area contributed by atoms with Crippen LogP contribution < -0.4 is 5.32 Å². The number of hydrogen-bond acceptors (Lipinski definition) is 6. The molecule has 0 aromatic carbocycles. The molecular formula is C15H23ClN4OS. The van der Waals surface area contributed by atoms with Crippen LogP contribution in [0.25, 0.3) is 11.4 Å². The first-order valence-electron chi connectivity index (χ1n) is 7.57. The van der Waals surface area contributed by atoms with Crippen LogP contribution in [0, 0.1) is 5.92 Å². The molecule has 0 bridgehead atoms. The first kappa shape index (κ1) is 17.4. The Morgan fingerprint density at radius 3 is 2.91 bits per heavy atom. The van der Waals surface area contributed by atoms with Gasteiger partial charge in [-0.1, -0.05) is 5.16 Å². The van der Waals surface area contributed by atoms with E-state index in [0.717, 1.165) is 43.6 Å². The van der Waals surface area contributed by atoms with Crippen LogP contribution in [-0.2, 0) is 6.54 Å². The molecule has 1 aliphatic heterocycles. The van der Waals surface area contributed by atoms with Gasteiger partial charge >= 0.3 is 0 Å². The van der Waals surface area contributed by atoms with Crippen LogP contribution in [0.4, 0.5) is 0 Å². The number of piperidine rings is 1. The maximum Gasteiger partial charge on any atom is 0.241 e. The van der Waals surface area contributed by atoms with Crippen molar-refractivity contribution in [3.8, 4) is 11.4 Å². The minimum Gasteiger partial charge on any atom is -0.338 e. The lowest BCUT2D eigenvalue weighted by Gasteiger charge is -2.30. The van der Waals surface area contributed by atoms with Gasteiger partial charge in [0.2, 0.25) is 11.7 Å². The maximum absolute atomic E-state index is 5.37. The number of hydrogen-bond donors (Lipinski definition) is 1. The minimum absolute atomic E-state index is 0. The van der Waals surface area contributed by atoms with Crippen LogP contribution in [0.1, 0.15) is 25.2 Å². The van der Waals surface area contributed by atoms with Crippen molar-refractivity contribution in [3.63, 3.8) is 0 Å². The van der Waals surface area contributed by atoms with Gasteiger partial charge in [0.05, 0.1) is 6.54 Å². The molecule has 3 heterocycles. The fraction of sp³-hybridized carbons (Fsp3) is 0.600. The van der Waals surface area contributed by atoms with E-state index in [-0.39, 0.29) is 12.4 Å². The smallest absolute Gasteiger partial charge is 0.241 e. The summed E-state index contributed by atoms with van der Waals surface area (Å²) in [6.45, 7) is 4.16. The molecule has 3 rings (SSSR count). The fourth-order valence-corrected chi connectivity index (χ4v) is 3.44. The lowest BCUT2D eigenvalue weighted by atomic mass is 9.93. The van der Waals surface area contributed by atoms with E-state index in [0.29, 0.717) is 5.82 Å². The summed E-state index contributed by atoms with van der Waals surface area (Å²) in [6, 6.07) is 2.02. The summed E-state index contributed by atoms with van der Waals surface area (Å²) in [7, 11) is 2.02. The van der Waals surface area contributed by atoms with Crippen LogP contribution in [0.15, 0.2) is 21.3 Å². The molecule has 22 heavy (non-hydrogen) atoms. The van der Waals surface area contributed by atoms with Crippen LogP contribution in [-0.4, -0.2) is 41.7 Å². The normalized spacial score (nSPS) is 16.6. The molecule has 1 fully saturated rings.